The lowest BCUT2D eigenvalue weighted by atomic mass is 9.81. The van der Waals surface area contributed by atoms with E-state index >= 15 is 0 Å². The van der Waals surface area contributed by atoms with E-state index in [1.807, 2.05) is 72.8 Å². The number of hydrogen-bond acceptors (Lipinski definition) is 12. The average Bonchev–Trinajstić information content (AvgIpc) is 3.81. The smallest absolute Gasteiger partial charge is 0.330 e. The number of likely N-dealkylation sites (tertiary alicyclic amines) is 1. The molecule has 4 aromatic carbocycles. The average molecular weight is 1160 g/mol. The van der Waals surface area contributed by atoms with Gasteiger partial charge in [0.15, 0.2) is 23.0 Å². The molecule has 2 N–H and O–H groups in total. The lowest BCUT2D eigenvalue weighted by Crippen LogP contribution is -2.39. The molecule has 2 heterocycles. The van der Waals surface area contributed by atoms with Crippen LogP contribution in [0.2, 0.25) is 10.0 Å². The third kappa shape index (κ3) is 17.2. The van der Waals surface area contributed by atoms with E-state index in [2.05, 4.69) is 35.8 Å². The zero-order valence-electron chi connectivity index (χ0n) is 47.1. The number of ether oxygens (including phenoxy) is 4. The minimum Gasteiger partial charge on any atom is -0.493 e. The zero-order valence-corrected chi connectivity index (χ0v) is 48.6. The van der Waals surface area contributed by atoms with Gasteiger partial charge >= 0.3 is 17.6 Å². The molecule has 2 atom stereocenters. The van der Waals surface area contributed by atoms with E-state index in [1.165, 1.54) is 27.3 Å². The highest BCUT2D eigenvalue weighted by molar-refractivity contribution is 6.30. The lowest BCUT2D eigenvalue weighted by molar-refractivity contribution is -0.144. The van der Waals surface area contributed by atoms with Crippen molar-refractivity contribution >= 4 is 47.0 Å². The van der Waals surface area contributed by atoms with Crippen molar-refractivity contribution in [2.45, 2.75) is 116 Å². The normalized spacial score (nSPS) is 19.0. The molecule has 0 bridgehead atoms. The summed E-state index contributed by atoms with van der Waals surface area (Å²) < 4.78 is 25.6. The van der Waals surface area contributed by atoms with Crippen LogP contribution in [0.25, 0.3) is 0 Å². The number of nitrogens with zero attached hydrogens (tertiary/aromatic N) is 5. The summed E-state index contributed by atoms with van der Waals surface area (Å²) in [7, 11) is 4.78. The van der Waals surface area contributed by atoms with Gasteiger partial charge in [-0.2, -0.15) is 0 Å². The molecule has 1 unspecified atom stereocenters. The van der Waals surface area contributed by atoms with E-state index in [-0.39, 0.29) is 80.4 Å². The molecule has 2 saturated carbocycles. The molecule has 1 aliphatic heterocycles. The first-order valence-corrected chi connectivity index (χ1v) is 28.8. The van der Waals surface area contributed by atoms with Gasteiger partial charge in [0.25, 0.3) is 5.56 Å². The molecule has 8 rings (SSSR count). The maximum absolute atomic E-state index is 12.3. The van der Waals surface area contributed by atoms with Crippen molar-refractivity contribution in [1.82, 2.24) is 23.8 Å². The van der Waals surface area contributed by atoms with E-state index < -0.39 is 17.6 Å². The molecule has 436 valence electrons. The molecule has 19 heteroatoms. The topological polar surface area (TPSA) is 199 Å². The Hall–Kier alpha value is -6.66. The Morgan fingerprint density at radius 1 is 0.617 bits per heavy atom. The Labute approximate surface area is 484 Å². The number of rotatable bonds is 25. The van der Waals surface area contributed by atoms with Gasteiger partial charge in [0.05, 0.1) is 39.1 Å². The van der Waals surface area contributed by atoms with E-state index in [4.69, 9.17) is 42.1 Å². The van der Waals surface area contributed by atoms with Gasteiger partial charge in [-0.3, -0.25) is 43.2 Å². The van der Waals surface area contributed by atoms with E-state index in [0.717, 1.165) is 79.3 Å². The SMILES string of the molecule is CCC(c1ccc(Cl)cc1)N(Cc1ccc(OCCN2C(=O)CCC2=O)c(OC)c1)CC1CCC(C(=O)O)CC1.COc1cc(CN(CC2CCC(C(=O)O)CC2)[C@@H](C)c2ccc(Cl)cc2)ccc1OCCn1c(=O)ccn(C)c1=O. The number of hydrogen-bond donors (Lipinski definition) is 2. The van der Waals surface area contributed by atoms with Gasteiger partial charge in [-0.25, -0.2) is 4.79 Å². The van der Waals surface area contributed by atoms with Crippen LogP contribution in [-0.2, 0) is 45.9 Å². The molecule has 81 heavy (non-hydrogen) atoms. The minimum absolute atomic E-state index is 0.109. The van der Waals surface area contributed by atoms with E-state index in [9.17, 15) is 39.0 Å². The predicted octanol–water partition coefficient (Wildman–Crippen LogP) is 10.5. The third-order valence-corrected chi connectivity index (χ3v) is 16.6. The predicted molar refractivity (Wildman–Crippen MR) is 310 cm³/mol. The third-order valence-electron chi connectivity index (χ3n) is 16.1. The second kappa shape index (κ2) is 29.9. The largest absolute Gasteiger partial charge is 0.493 e. The van der Waals surface area contributed by atoms with E-state index in [1.54, 1.807) is 21.3 Å². The van der Waals surface area contributed by atoms with Crippen LogP contribution >= 0.6 is 23.2 Å². The van der Waals surface area contributed by atoms with Crippen LogP contribution in [0.4, 0.5) is 0 Å². The Balaban J connectivity index is 0.000000234. The summed E-state index contributed by atoms with van der Waals surface area (Å²) in [5.41, 5.74) is 3.70. The van der Waals surface area contributed by atoms with Crippen LogP contribution in [0.5, 0.6) is 23.0 Å². The van der Waals surface area contributed by atoms with Crippen molar-refractivity contribution in [2.24, 2.45) is 30.7 Å². The second-order valence-electron chi connectivity index (χ2n) is 21.5. The molecule has 3 fully saturated rings. The summed E-state index contributed by atoms with van der Waals surface area (Å²) >= 11 is 12.3. The van der Waals surface area contributed by atoms with E-state index in [0.29, 0.717) is 70.8 Å². The number of carboxylic acids is 2. The fourth-order valence-corrected chi connectivity index (χ4v) is 11.6. The van der Waals surface area contributed by atoms with Gasteiger partial charge in [-0.05, 0) is 147 Å². The summed E-state index contributed by atoms with van der Waals surface area (Å²) in [4.78, 5) is 77.2. The number of halogens is 2. The highest BCUT2D eigenvalue weighted by Crippen LogP contribution is 2.37. The first kappa shape index (κ1) is 61.9. The van der Waals surface area contributed by atoms with Crippen molar-refractivity contribution in [3.63, 3.8) is 0 Å². The number of benzene rings is 4. The van der Waals surface area contributed by atoms with Gasteiger partial charge < -0.3 is 33.7 Å². The number of carbonyl (C=O) groups is 4. The number of methoxy groups -OCH3 is 2. The Morgan fingerprint density at radius 3 is 1.54 bits per heavy atom. The molecule has 17 nitrogen and oxygen atoms in total. The minimum atomic E-state index is -0.692. The summed E-state index contributed by atoms with van der Waals surface area (Å²) in [5, 5.41) is 20.2. The standard InChI is InChI=1S/C31H38ClN3O6.C31H39ClN2O6/c1-21(24-9-11-26(32)12-10-24)34(19-22-4-7-25(8-5-22)30(37)38)20-23-6-13-27(28(18-23)40-3)41-17-16-35-29(36)14-15-33(2)31(35)39;1-3-26(23-9-11-25(32)12-10-23)33(19-21-4-7-24(8-5-21)31(37)38)20-22-6-13-27(28(18-22)39-2)40-17-16-34-29(35)14-15-30(34)36/h6,9-15,18,21-22,25H,4-5,7-8,16-17,19-20H2,1-3H3,(H,37,38);6,9-13,18,21,24,26H,3-5,7-8,14-17,19-20H2,1-2H3,(H,37,38)/t21-,22?,25?;/m0./s1. The molecular formula is C62H77Cl2N5O12. The maximum Gasteiger partial charge on any atom is 0.330 e. The molecule has 0 spiro atoms. The van der Waals surface area contributed by atoms with Crippen LogP contribution in [-0.4, -0.2) is 105 Å². The van der Waals surface area contributed by atoms with Crippen LogP contribution in [0.1, 0.15) is 119 Å². The zero-order chi connectivity index (χ0) is 58.2. The Kier molecular flexibility index (Phi) is 22.9. The first-order valence-electron chi connectivity index (χ1n) is 28.1. The fraction of sp³-hybridized carbons (Fsp3) is 0.484. The quantitative estimate of drug-likeness (QED) is 0.0523. The summed E-state index contributed by atoms with van der Waals surface area (Å²) in [6.07, 6.45) is 9.36. The fourth-order valence-electron chi connectivity index (χ4n) is 11.4. The summed E-state index contributed by atoms with van der Waals surface area (Å²) in [6, 6.07) is 29.2. The molecular weight excluding hydrogens is 1080 g/mol. The number of carboxylic acid groups (broad SMARTS) is 2. The van der Waals surface area contributed by atoms with Crippen LogP contribution in [0, 0.1) is 23.7 Å². The number of aliphatic carboxylic acids is 2. The van der Waals surface area contributed by atoms with Crippen LogP contribution in [0.15, 0.2) is 107 Å². The second-order valence-corrected chi connectivity index (χ2v) is 22.4. The summed E-state index contributed by atoms with van der Waals surface area (Å²) in [5.74, 6) is 0.937. The van der Waals surface area contributed by atoms with Crippen molar-refractivity contribution < 1.29 is 48.3 Å². The van der Waals surface area contributed by atoms with Crippen molar-refractivity contribution in [3.8, 4) is 23.0 Å². The Bertz CT molecular complexity index is 3010. The summed E-state index contributed by atoms with van der Waals surface area (Å²) in [6.45, 7) is 8.09. The number of amides is 2. The lowest BCUT2D eigenvalue weighted by Gasteiger charge is -2.36. The molecule has 0 radical (unpaired) electrons. The number of aryl methyl sites for hydroxylation is 1. The van der Waals surface area contributed by atoms with Crippen LogP contribution in [0.3, 0.4) is 0 Å². The van der Waals surface area contributed by atoms with Crippen molar-refractivity contribution in [2.75, 3.05) is 47.1 Å². The van der Waals surface area contributed by atoms with Crippen LogP contribution < -0.4 is 30.2 Å². The van der Waals surface area contributed by atoms with Gasteiger partial charge in [0, 0.05) is 80.5 Å². The number of imide groups is 1. The molecule has 5 aromatic rings. The monoisotopic (exact) mass is 1150 g/mol. The highest BCUT2D eigenvalue weighted by Gasteiger charge is 2.32. The van der Waals surface area contributed by atoms with Gasteiger partial charge in [-0.15, -0.1) is 0 Å². The molecule has 3 aliphatic rings. The Morgan fingerprint density at radius 2 is 1.07 bits per heavy atom. The van der Waals surface area contributed by atoms with Crippen molar-refractivity contribution in [3.05, 3.63) is 150 Å². The van der Waals surface area contributed by atoms with Gasteiger partial charge in [-0.1, -0.05) is 66.5 Å². The first-order chi connectivity index (χ1) is 38.9. The molecule has 1 aromatic heterocycles. The molecule has 1 saturated heterocycles. The van der Waals surface area contributed by atoms with Crippen molar-refractivity contribution in [1.29, 1.82) is 0 Å². The molecule has 2 amide bonds. The molecule has 2 aliphatic carbocycles. The van der Waals surface area contributed by atoms with Gasteiger partial charge in [0.1, 0.15) is 13.2 Å². The van der Waals surface area contributed by atoms with Gasteiger partial charge in [0.2, 0.25) is 11.8 Å². The number of aromatic nitrogens is 2. The highest BCUT2D eigenvalue weighted by atomic mass is 35.5. The number of carbonyl (C=O) groups excluding carboxylic acids is 2. The maximum atomic E-state index is 12.3.